The van der Waals surface area contributed by atoms with Gasteiger partial charge in [-0.15, -0.1) is 0 Å². The molecule has 0 spiro atoms. The van der Waals surface area contributed by atoms with Crippen molar-refractivity contribution in [3.63, 3.8) is 0 Å². The zero-order valence-electron chi connectivity index (χ0n) is 12.1. The van der Waals surface area contributed by atoms with Gasteiger partial charge in [0.05, 0.1) is 0 Å². The molecule has 0 aromatic heterocycles. The van der Waals surface area contributed by atoms with Crippen LogP contribution in [0.4, 0.5) is 0 Å². The highest BCUT2D eigenvalue weighted by Crippen LogP contribution is 2.14. The molecule has 2 rings (SSSR count). The van der Waals surface area contributed by atoms with Gasteiger partial charge in [0.15, 0.2) is 0 Å². The number of benzene rings is 1. The van der Waals surface area contributed by atoms with Crippen molar-refractivity contribution in [1.82, 2.24) is 10.2 Å². The van der Waals surface area contributed by atoms with E-state index in [2.05, 4.69) is 53.6 Å². The van der Waals surface area contributed by atoms with Gasteiger partial charge in [-0.25, -0.2) is 0 Å². The van der Waals surface area contributed by atoms with Gasteiger partial charge in [-0.2, -0.15) is 0 Å². The zero-order valence-corrected chi connectivity index (χ0v) is 12.1. The molecule has 0 aliphatic carbocycles. The third-order valence-corrected chi connectivity index (χ3v) is 3.65. The SMILES string of the molecule is CCCNCCc1ccccc1CN1CC=CCC1. The van der Waals surface area contributed by atoms with Crippen molar-refractivity contribution in [3.8, 4) is 0 Å². The quantitative estimate of drug-likeness (QED) is 0.597. The van der Waals surface area contributed by atoms with E-state index in [-0.39, 0.29) is 0 Å². The van der Waals surface area contributed by atoms with Crippen LogP contribution in [0.25, 0.3) is 0 Å². The van der Waals surface area contributed by atoms with Crippen molar-refractivity contribution in [2.24, 2.45) is 0 Å². The molecule has 0 saturated carbocycles. The summed E-state index contributed by atoms with van der Waals surface area (Å²) in [5.74, 6) is 0. The molecule has 1 aromatic carbocycles. The fraction of sp³-hybridized carbons (Fsp3) is 0.529. The molecule has 0 atom stereocenters. The van der Waals surface area contributed by atoms with Crippen molar-refractivity contribution in [3.05, 3.63) is 47.5 Å². The van der Waals surface area contributed by atoms with Crippen molar-refractivity contribution in [2.45, 2.75) is 32.7 Å². The molecule has 0 bridgehead atoms. The Kier molecular flexibility index (Phi) is 6.12. The summed E-state index contributed by atoms with van der Waals surface area (Å²) in [6.07, 6.45) is 8.12. The van der Waals surface area contributed by atoms with Crippen LogP contribution in [-0.4, -0.2) is 31.1 Å². The van der Waals surface area contributed by atoms with Crippen LogP contribution in [0.1, 0.15) is 30.9 Å². The minimum absolute atomic E-state index is 1.09. The van der Waals surface area contributed by atoms with E-state index in [0.717, 1.165) is 32.6 Å². The lowest BCUT2D eigenvalue weighted by molar-refractivity contribution is 0.290. The number of hydrogen-bond donors (Lipinski definition) is 1. The Hall–Kier alpha value is -1.12. The third-order valence-electron chi connectivity index (χ3n) is 3.65. The molecule has 0 amide bonds. The maximum atomic E-state index is 3.49. The largest absolute Gasteiger partial charge is 0.316 e. The van der Waals surface area contributed by atoms with Crippen LogP contribution >= 0.6 is 0 Å². The van der Waals surface area contributed by atoms with Gasteiger partial charge >= 0.3 is 0 Å². The molecule has 2 nitrogen and oxygen atoms in total. The van der Waals surface area contributed by atoms with Crippen LogP contribution in [0.15, 0.2) is 36.4 Å². The van der Waals surface area contributed by atoms with E-state index >= 15 is 0 Å². The summed E-state index contributed by atoms with van der Waals surface area (Å²) in [6.45, 7) is 7.81. The van der Waals surface area contributed by atoms with E-state index in [1.54, 1.807) is 0 Å². The molecule has 1 heterocycles. The average Bonchev–Trinajstić information content (AvgIpc) is 2.46. The second-order valence-electron chi connectivity index (χ2n) is 5.26. The van der Waals surface area contributed by atoms with Crippen LogP contribution in [0, 0.1) is 0 Å². The maximum Gasteiger partial charge on any atom is 0.0239 e. The Bertz CT molecular complexity index is 398. The van der Waals surface area contributed by atoms with E-state index in [4.69, 9.17) is 0 Å². The van der Waals surface area contributed by atoms with Crippen LogP contribution in [0.3, 0.4) is 0 Å². The molecule has 1 aliphatic heterocycles. The van der Waals surface area contributed by atoms with E-state index in [9.17, 15) is 0 Å². The fourth-order valence-electron chi connectivity index (χ4n) is 2.55. The van der Waals surface area contributed by atoms with E-state index in [0.29, 0.717) is 0 Å². The Labute approximate surface area is 117 Å². The number of nitrogens with zero attached hydrogens (tertiary/aromatic N) is 1. The smallest absolute Gasteiger partial charge is 0.0239 e. The molecule has 19 heavy (non-hydrogen) atoms. The Morgan fingerprint density at radius 2 is 1.95 bits per heavy atom. The molecule has 0 fully saturated rings. The summed E-state index contributed by atoms with van der Waals surface area (Å²) >= 11 is 0. The van der Waals surface area contributed by atoms with Crippen LogP contribution in [0.2, 0.25) is 0 Å². The summed E-state index contributed by atoms with van der Waals surface area (Å²) in [5.41, 5.74) is 3.00. The van der Waals surface area contributed by atoms with E-state index in [1.165, 1.54) is 30.5 Å². The molecule has 104 valence electrons. The summed E-state index contributed by atoms with van der Waals surface area (Å²) in [7, 11) is 0. The second-order valence-corrected chi connectivity index (χ2v) is 5.26. The lowest BCUT2D eigenvalue weighted by Crippen LogP contribution is -2.27. The first kappa shape index (κ1) is 14.3. The van der Waals surface area contributed by atoms with Gasteiger partial charge < -0.3 is 5.32 Å². The van der Waals surface area contributed by atoms with Gasteiger partial charge in [0.25, 0.3) is 0 Å². The standard InChI is InChI=1S/C17H26N2/c1-2-11-18-12-10-16-8-4-5-9-17(16)15-19-13-6-3-7-14-19/h3-6,8-9,18H,2,7,10-15H2,1H3. The van der Waals surface area contributed by atoms with E-state index < -0.39 is 0 Å². The van der Waals surface area contributed by atoms with Gasteiger partial charge in [0, 0.05) is 19.6 Å². The molecule has 2 heteroatoms. The normalized spacial score (nSPS) is 15.8. The lowest BCUT2D eigenvalue weighted by Gasteiger charge is -2.24. The second kappa shape index (κ2) is 8.13. The Morgan fingerprint density at radius 1 is 1.11 bits per heavy atom. The van der Waals surface area contributed by atoms with Crippen molar-refractivity contribution >= 4 is 0 Å². The first-order chi connectivity index (χ1) is 9.40. The van der Waals surface area contributed by atoms with Crippen molar-refractivity contribution in [2.75, 3.05) is 26.2 Å². The first-order valence-electron chi connectivity index (χ1n) is 7.55. The molecular weight excluding hydrogens is 232 g/mol. The van der Waals surface area contributed by atoms with Gasteiger partial charge in [0.1, 0.15) is 0 Å². The minimum Gasteiger partial charge on any atom is -0.316 e. The highest BCUT2D eigenvalue weighted by Gasteiger charge is 2.09. The third kappa shape index (κ3) is 4.81. The number of nitrogens with one attached hydrogen (secondary N) is 1. The Morgan fingerprint density at radius 3 is 2.68 bits per heavy atom. The van der Waals surface area contributed by atoms with Gasteiger partial charge in [0.2, 0.25) is 0 Å². The molecule has 1 aliphatic rings. The molecule has 1 N–H and O–H groups in total. The average molecular weight is 258 g/mol. The van der Waals surface area contributed by atoms with Crippen molar-refractivity contribution < 1.29 is 0 Å². The van der Waals surface area contributed by atoms with Gasteiger partial charge in [-0.1, -0.05) is 43.3 Å². The highest BCUT2D eigenvalue weighted by molar-refractivity contribution is 5.27. The van der Waals surface area contributed by atoms with Crippen LogP contribution in [-0.2, 0) is 13.0 Å². The molecule has 0 radical (unpaired) electrons. The van der Waals surface area contributed by atoms with Crippen LogP contribution < -0.4 is 5.32 Å². The van der Waals surface area contributed by atoms with E-state index in [1.807, 2.05) is 0 Å². The summed E-state index contributed by atoms with van der Waals surface area (Å²) in [4.78, 5) is 2.53. The first-order valence-corrected chi connectivity index (χ1v) is 7.55. The summed E-state index contributed by atoms with van der Waals surface area (Å²) in [6, 6.07) is 8.89. The minimum atomic E-state index is 1.09. The summed E-state index contributed by atoms with van der Waals surface area (Å²) < 4.78 is 0. The predicted octanol–water partition coefficient (Wildman–Crippen LogP) is 2.99. The molecule has 0 saturated heterocycles. The molecule has 0 unspecified atom stereocenters. The Balaban J connectivity index is 1.89. The predicted molar refractivity (Wildman–Crippen MR) is 82.3 cm³/mol. The fourth-order valence-corrected chi connectivity index (χ4v) is 2.55. The van der Waals surface area contributed by atoms with Crippen LogP contribution in [0.5, 0.6) is 0 Å². The monoisotopic (exact) mass is 258 g/mol. The number of hydrogen-bond acceptors (Lipinski definition) is 2. The molecular formula is C17H26N2. The summed E-state index contributed by atoms with van der Waals surface area (Å²) in [5, 5.41) is 3.49. The van der Waals surface area contributed by atoms with Gasteiger partial charge in [-0.3, -0.25) is 4.90 Å². The number of rotatable bonds is 7. The van der Waals surface area contributed by atoms with Crippen molar-refractivity contribution in [1.29, 1.82) is 0 Å². The highest BCUT2D eigenvalue weighted by atomic mass is 15.1. The topological polar surface area (TPSA) is 15.3 Å². The maximum absolute atomic E-state index is 3.49. The van der Waals surface area contributed by atoms with Gasteiger partial charge in [-0.05, 0) is 43.5 Å². The zero-order chi connectivity index (χ0) is 13.3. The molecule has 1 aromatic rings. The lowest BCUT2D eigenvalue weighted by atomic mass is 10.0.